The average Bonchev–Trinajstić information content (AvgIpc) is 3.19. The number of rotatable bonds is 6. The lowest BCUT2D eigenvalue weighted by Crippen LogP contribution is -2.15. The largest absolute Gasteiger partial charge is 0.324 e. The van der Waals surface area contributed by atoms with Gasteiger partial charge in [0.25, 0.3) is 0 Å². The van der Waals surface area contributed by atoms with Crippen LogP contribution in [0.15, 0.2) is 82.7 Å². The Hall–Kier alpha value is -3.04. The number of hydrogen-bond acceptors (Lipinski definition) is 5. The van der Waals surface area contributed by atoms with Gasteiger partial charge in [0, 0.05) is 28.1 Å². The molecule has 4 aromatic rings. The number of benzene rings is 2. The fraction of sp³-hybridized carbons (Fsp3) is 0.0476. The molecule has 0 saturated carbocycles. The van der Waals surface area contributed by atoms with Crippen molar-refractivity contribution in [2.75, 3.05) is 11.1 Å². The first kappa shape index (κ1) is 20.2. The minimum Gasteiger partial charge on any atom is -0.324 e. The van der Waals surface area contributed by atoms with Gasteiger partial charge in [0.05, 0.1) is 11.4 Å². The zero-order chi connectivity index (χ0) is 20.9. The standard InChI is InChI=1S/C21H15BrFN5OS/c22-17-3-1-2-4-18(17)25-19(29)13-30-21-27-26-20(14-9-11-24-12-10-14)28(21)16-7-5-15(23)6-8-16/h1-12H,13H2,(H,25,29). The summed E-state index contributed by atoms with van der Waals surface area (Å²) in [5.41, 5.74) is 2.20. The second-order valence-corrected chi connectivity index (χ2v) is 7.97. The Bertz CT molecular complexity index is 1170. The maximum atomic E-state index is 13.4. The first-order valence-corrected chi connectivity index (χ1v) is 10.7. The van der Waals surface area contributed by atoms with E-state index >= 15 is 0 Å². The third-order valence-corrected chi connectivity index (χ3v) is 5.76. The van der Waals surface area contributed by atoms with Crippen LogP contribution in [0.5, 0.6) is 0 Å². The third-order valence-electron chi connectivity index (χ3n) is 4.14. The SMILES string of the molecule is O=C(CSc1nnc(-c2ccncc2)n1-c1ccc(F)cc1)Nc1ccccc1Br. The van der Waals surface area contributed by atoms with E-state index in [1.165, 1.54) is 23.9 Å². The average molecular weight is 484 g/mol. The molecule has 4 rings (SSSR count). The molecule has 2 heterocycles. The van der Waals surface area contributed by atoms with Crippen molar-refractivity contribution in [2.45, 2.75) is 5.16 Å². The first-order chi connectivity index (χ1) is 14.6. The summed E-state index contributed by atoms with van der Waals surface area (Å²) in [5.74, 6) is 0.208. The summed E-state index contributed by atoms with van der Waals surface area (Å²) in [4.78, 5) is 16.5. The highest BCUT2D eigenvalue weighted by atomic mass is 79.9. The van der Waals surface area contributed by atoms with Crippen LogP contribution in [0.4, 0.5) is 10.1 Å². The Morgan fingerprint density at radius 3 is 2.50 bits per heavy atom. The van der Waals surface area contributed by atoms with Crippen molar-refractivity contribution in [3.63, 3.8) is 0 Å². The number of amides is 1. The van der Waals surface area contributed by atoms with E-state index < -0.39 is 0 Å². The fourth-order valence-electron chi connectivity index (χ4n) is 2.75. The number of carbonyl (C=O) groups is 1. The number of carbonyl (C=O) groups excluding carboxylic acids is 1. The molecular formula is C21H15BrFN5OS. The topological polar surface area (TPSA) is 72.7 Å². The van der Waals surface area contributed by atoms with Crippen LogP contribution in [-0.4, -0.2) is 31.4 Å². The maximum Gasteiger partial charge on any atom is 0.234 e. The normalized spacial score (nSPS) is 10.7. The van der Waals surface area contributed by atoms with Gasteiger partial charge in [-0.15, -0.1) is 10.2 Å². The highest BCUT2D eigenvalue weighted by molar-refractivity contribution is 9.10. The van der Waals surface area contributed by atoms with Gasteiger partial charge < -0.3 is 5.32 Å². The van der Waals surface area contributed by atoms with Crippen LogP contribution in [-0.2, 0) is 4.79 Å². The molecule has 0 bridgehead atoms. The Balaban J connectivity index is 1.60. The second-order valence-electron chi connectivity index (χ2n) is 6.17. The van der Waals surface area contributed by atoms with Gasteiger partial charge in [-0.2, -0.15) is 0 Å². The molecule has 0 spiro atoms. The lowest BCUT2D eigenvalue weighted by molar-refractivity contribution is -0.113. The molecule has 0 aliphatic carbocycles. The zero-order valence-corrected chi connectivity index (χ0v) is 17.9. The zero-order valence-electron chi connectivity index (χ0n) is 15.5. The minimum absolute atomic E-state index is 0.136. The number of pyridine rings is 1. The summed E-state index contributed by atoms with van der Waals surface area (Å²) in [6.45, 7) is 0. The minimum atomic E-state index is -0.334. The van der Waals surface area contributed by atoms with Crippen molar-refractivity contribution < 1.29 is 9.18 Å². The number of nitrogens with one attached hydrogen (secondary N) is 1. The van der Waals surface area contributed by atoms with Gasteiger partial charge in [0.2, 0.25) is 5.91 Å². The summed E-state index contributed by atoms with van der Waals surface area (Å²) in [6.07, 6.45) is 3.33. The molecule has 0 atom stereocenters. The molecule has 30 heavy (non-hydrogen) atoms. The Morgan fingerprint density at radius 2 is 1.77 bits per heavy atom. The van der Waals surface area contributed by atoms with Gasteiger partial charge in [-0.25, -0.2) is 4.39 Å². The van der Waals surface area contributed by atoms with E-state index in [0.29, 0.717) is 22.4 Å². The molecule has 2 aromatic carbocycles. The van der Waals surface area contributed by atoms with Crippen molar-refractivity contribution in [2.24, 2.45) is 0 Å². The van der Waals surface area contributed by atoms with Crippen LogP contribution in [0, 0.1) is 5.82 Å². The third kappa shape index (κ3) is 4.58. The Labute approximate surface area is 184 Å². The molecule has 0 radical (unpaired) electrons. The highest BCUT2D eigenvalue weighted by Crippen LogP contribution is 2.28. The lowest BCUT2D eigenvalue weighted by atomic mass is 10.2. The van der Waals surface area contributed by atoms with Crippen LogP contribution >= 0.6 is 27.7 Å². The van der Waals surface area contributed by atoms with Crippen LogP contribution in [0.25, 0.3) is 17.1 Å². The Morgan fingerprint density at radius 1 is 1.03 bits per heavy atom. The van der Waals surface area contributed by atoms with Crippen molar-refractivity contribution in [3.05, 3.63) is 83.3 Å². The molecule has 150 valence electrons. The number of nitrogens with zero attached hydrogens (tertiary/aromatic N) is 4. The van der Waals surface area contributed by atoms with Crippen molar-refractivity contribution in [1.29, 1.82) is 0 Å². The van der Waals surface area contributed by atoms with Crippen molar-refractivity contribution in [3.8, 4) is 17.1 Å². The van der Waals surface area contributed by atoms with E-state index in [-0.39, 0.29) is 17.5 Å². The summed E-state index contributed by atoms with van der Waals surface area (Å²) >= 11 is 4.66. The summed E-state index contributed by atoms with van der Waals surface area (Å²) in [5, 5.41) is 11.9. The predicted molar refractivity (Wildman–Crippen MR) is 118 cm³/mol. The van der Waals surface area contributed by atoms with E-state index in [1.807, 2.05) is 36.4 Å². The number of halogens is 2. The van der Waals surface area contributed by atoms with E-state index in [0.717, 1.165) is 10.0 Å². The van der Waals surface area contributed by atoms with Crippen LogP contribution in [0.1, 0.15) is 0 Å². The number of thioether (sulfide) groups is 1. The van der Waals surface area contributed by atoms with Gasteiger partial charge in [-0.1, -0.05) is 23.9 Å². The van der Waals surface area contributed by atoms with E-state index in [2.05, 4.69) is 36.4 Å². The second kappa shape index (κ2) is 9.19. The van der Waals surface area contributed by atoms with Crippen LogP contribution in [0.2, 0.25) is 0 Å². The number of anilines is 1. The highest BCUT2D eigenvalue weighted by Gasteiger charge is 2.17. The van der Waals surface area contributed by atoms with Gasteiger partial charge in [0.15, 0.2) is 11.0 Å². The van der Waals surface area contributed by atoms with Crippen LogP contribution < -0.4 is 5.32 Å². The molecule has 9 heteroatoms. The first-order valence-electron chi connectivity index (χ1n) is 8.91. The molecule has 2 aromatic heterocycles. The molecule has 0 fully saturated rings. The molecule has 0 saturated heterocycles. The Kier molecular flexibility index (Phi) is 6.20. The van der Waals surface area contributed by atoms with Gasteiger partial charge in [0.1, 0.15) is 5.82 Å². The number of aromatic nitrogens is 4. The lowest BCUT2D eigenvalue weighted by Gasteiger charge is -2.11. The van der Waals surface area contributed by atoms with E-state index in [9.17, 15) is 9.18 Å². The molecule has 0 unspecified atom stereocenters. The van der Waals surface area contributed by atoms with Crippen molar-refractivity contribution in [1.82, 2.24) is 19.7 Å². The molecule has 0 aliphatic rings. The molecule has 0 aliphatic heterocycles. The molecular weight excluding hydrogens is 469 g/mol. The van der Waals surface area contributed by atoms with Gasteiger partial charge >= 0.3 is 0 Å². The fourth-order valence-corrected chi connectivity index (χ4v) is 3.89. The molecule has 1 amide bonds. The summed E-state index contributed by atoms with van der Waals surface area (Å²) in [6, 6.07) is 17.1. The van der Waals surface area contributed by atoms with Gasteiger partial charge in [-0.3, -0.25) is 14.3 Å². The van der Waals surface area contributed by atoms with Crippen molar-refractivity contribution >= 4 is 39.3 Å². The monoisotopic (exact) mass is 483 g/mol. The number of hydrogen-bond donors (Lipinski definition) is 1. The number of para-hydroxylation sites is 1. The van der Waals surface area contributed by atoms with E-state index in [4.69, 9.17) is 0 Å². The summed E-state index contributed by atoms with van der Waals surface area (Å²) in [7, 11) is 0. The quantitative estimate of drug-likeness (QED) is 0.392. The summed E-state index contributed by atoms with van der Waals surface area (Å²) < 4.78 is 16.0. The maximum absolute atomic E-state index is 13.4. The smallest absolute Gasteiger partial charge is 0.234 e. The van der Waals surface area contributed by atoms with Crippen LogP contribution in [0.3, 0.4) is 0 Å². The van der Waals surface area contributed by atoms with E-state index in [1.54, 1.807) is 29.1 Å². The van der Waals surface area contributed by atoms with Gasteiger partial charge in [-0.05, 0) is 64.5 Å². The predicted octanol–water partition coefficient (Wildman–Crippen LogP) is 4.96. The molecule has 6 nitrogen and oxygen atoms in total. The molecule has 1 N–H and O–H groups in total.